The van der Waals surface area contributed by atoms with Gasteiger partial charge in [0.25, 0.3) is 0 Å². The highest BCUT2D eigenvalue weighted by molar-refractivity contribution is 5.80. The molecule has 0 unspecified atom stereocenters. The fraction of sp³-hybridized carbons (Fsp3) is 0.800. The molecular formula is C5H10N2O2. The Labute approximate surface area is 53.0 Å². The predicted molar refractivity (Wildman–Crippen MR) is 31.6 cm³/mol. The molecule has 4 heteroatoms. The number of primary amides is 1. The Hall–Kier alpha value is -0.610. The summed E-state index contributed by atoms with van der Waals surface area (Å²) in [4.78, 5) is 10.4. The first-order valence-corrected chi connectivity index (χ1v) is 2.91. The van der Waals surface area contributed by atoms with Crippen LogP contribution in [0.4, 0.5) is 0 Å². The van der Waals surface area contributed by atoms with Crippen LogP contribution in [0.5, 0.6) is 0 Å². The monoisotopic (exact) mass is 130 g/mol. The van der Waals surface area contributed by atoms with E-state index in [9.17, 15) is 4.79 Å². The maximum absolute atomic E-state index is 10.4. The Morgan fingerprint density at radius 2 is 2.44 bits per heavy atom. The van der Waals surface area contributed by atoms with Gasteiger partial charge in [-0.25, -0.2) is 0 Å². The van der Waals surface area contributed by atoms with E-state index in [4.69, 9.17) is 10.8 Å². The van der Waals surface area contributed by atoms with Gasteiger partial charge in [-0.05, 0) is 6.42 Å². The second kappa shape index (κ2) is 2.33. The Balaban J connectivity index is 2.39. The van der Waals surface area contributed by atoms with Crippen molar-refractivity contribution in [2.75, 3.05) is 6.54 Å². The van der Waals surface area contributed by atoms with Gasteiger partial charge in [-0.15, -0.1) is 0 Å². The number of nitrogens with one attached hydrogen (secondary N) is 1. The number of aliphatic hydroxyl groups excluding tert-OH is 1. The van der Waals surface area contributed by atoms with Crippen LogP contribution in [-0.4, -0.2) is 29.7 Å². The standard InChI is InChI=1S/C5H10N2O2/c6-5(9)4-1-3(8)2-7-4/h3-4,7-8H,1-2H2,(H2,6,9)/t3-,4+/m0/s1. The Morgan fingerprint density at radius 1 is 1.78 bits per heavy atom. The average molecular weight is 130 g/mol. The molecule has 2 atom stereocenters. The minimum absolute atomic E-state index is 0.319. The van der Waals surface area contributed by atoms with Crippen LogP contribution >= 0.6 is 0 Å². The molecule has 0 aromatic rings. The Morgan fingerprint density at radius 3 is 2.67 bits per heavy atom. The summed E-state index contributed by atoms with van der Waals surface area (Å²) in [6.45, 7) is 0.480. The summed E-state index contributed by atoms with van der Waals surface area (Å²) in [5.41, 5.74) is 4.95. The fourth-order valence-electron chi connectivity index (χ4n) is 0.934. The summed E-state index contributed by atoms with van der Waals surface area (Å²) in [6.07, 6.45) is 0.0532. The first-order chi connectivity index (χ1) is 4.20. The van der Waals surface area contributed by atoms with Crippen LogP contribution in [-0.2, 0) is 4.79 Å². The van der Waals surface area contributed by atoms with Crippen molar-refractivity contribution in [1.29, 1.82) is 0 Å². The van der Waals surface area contributed by atoms with Gasteiger partial charge < -0.3 is 16.2 Å². The van der Waals surface area contributed by atoms with Crippen molar-refractivity contribution in [3.63, 3.8) is 0 Å². The van der Waals surface area contributed by atoms with E-state index in [0.717, 1.165) is 0 Å². The smallest absolute Gasteiger partial charge is 0.234 e. The minimum Gasteiger partial charge on any atom is -0.392 e. The lowest BCUT2D eigenvalue weighted by Gasteiger charge is -2.01. The zero-order chi connectivity index (χ0) is 6.85. The molecule has 0 aromatic heterocycles. The van der Waals surface area contributed by atoms with Crippen molar-refractivity contribution < 1.29 is 9.90 Å². The molecule has 1 aliphatic rings. The van der Waals surface area contributed by atoms with Gasteiger partial charge in [-0.3, -0.25) is 4.79 Å². The fourth-order valence-corrected chi connectivity index (χ4v) is 0.934. The van der Waals surface area contributed by atoms with Crippen LogP contribution in [0.25, 0.3) is 0 Å². The molecule has 4 nitrogen and oxygen atoms in total. The largest absolute Gasteiger partial charge is 0.392 e. The lowest BCUT2D eigenvalue weighted by molar-refractivity contribution is -0.119. The normalized spacial score (nSPS) is 34.8. The summed E-state index contributed by atoms with van der Waals surface area (Å²) in [6, 6.07) is -0.319. The maximum atomic E-state index is 10.4. The van der Waals surface area contributed by atoms with Gasteiger partial charge in [0.1, 0.15) is 0 Å². The minimum atomic E-state index is -0.400. The zero-order valence-electron chi connectivity index (χ0n) is 5.00. The lowest BCUT2D eigenvalue weighted by Crippen LogP contribution is -2.36. The molecule has 52 valence electrons. The van der Waals surface area contributed by atoms with Gasteiger partial charge in [0.15, 0.2) is 0 Å². The van der Waals surface area contributed by atoms with Crippen molar-refractivity contribution in [2.24, 2.45) is 5.73 Å². The number of amides is 1. The molecule has 4 N–H and O–H groups in total. The third kappa shape index (κ3) is 1.40. The first kappa shape index (κ1) is 6.51. The van der Waals surface area contributed by atoms with Crippen LogP contribution in [0.2, 0.25) is 0 Å². The first-order valence-electron chi connectivity index (χ1n) is 2.91. The summed E-state index contributed by atoms with van der Waals surface area (Å²) < 4.78 is 0. The van der Waals surface area contributed by atoms with E-state index in [0.29, 0.717) is 13.0 Å². The van der Waals surface area contributed by atoms with Gasteiger partial charge in [0.05, 0.1) is 12.1 Å². The van der Waals surface area contributed by atoms with E-state index < -0.39 is 6.10 Å². The number of rotatable bonds is 1. The molecule has 0 spiro atoms. The number of carbonyl (C=O) groups excluding carboxylic acids is 1. The van der Waals surface area contributed by atoms with E-state index in [1.165, 1.54) is 0 Å². The molecular weight excluding hydrogens is 120 g/mol. The van der Waals surface area contributed by atoms with E-state index >= 15 is 0 Å². The van der Waals surface area contributed by atoms with Crippen molar-refractivity contribution >= 4 is 5.91 Å². The highest BCUT2D eigenvalue weighted by Crippen LogP contribution is 2.04. The molecule has 0 aliphatic carbocycles. The van der Waals surface area contributed by atoms with Crippen molar-refractivity contribution in [3.05, 3.63) is 0 Å². The van der Waals surface area contributed by atoms with Gasteiger partial charge in [0, 0.05) is 6.54 Å². The molecule has 0 aromatic carbocycles. The molecule has 1 heterocycles. The summed E-state index contributed by atoms with van der Waals surface area (Å²) in [5.74, 6) is -0.383. The average Bonchev–Trinajstić information content (AvgIpc) is 2.14. The quantitative estimate of drug-likeness (QED) is 0.392. The highest BCUT2D eigenvalue weighted by atomic mass is 16.3. The van der Waals surface area contributed by atoms with Gasteiger partial charge in [-0.2, -0.15) is 0 Å². The van der Waals surface area contributed by atoms with Crippen LogP contribution in [0, 0.1) is 0 Å². The second-order valence-corrected chi connectivity index (χ2v) is 2.25. The van der Waals surface area contributed by atoms with E-state index in [1.54, 1.807) is 0 Å². The number of carbonyl (C=O) groups is 1. The summed E-state index contributed by atoms with van der Waals surface area (Å²) in [5, 5.41) is 11.7. The Bertz CT molecular complexity index is 126. The van der Waals surface area contributed by atoms with Gasteiger partial charge >= 0.3 is 0 Å². The number of hydrogen-bond acceptors (Lipinski definition) is 3. The molecule has 0 radical (unpaired) electrons. The van der Waals surface area contributed by atoms with Crippen molar-refractivity contribution in [1.82, 2.24) is 5.32 Å². The zero-order valence-corrected chi connectivity index (χ0v) is 5.00. The highest BCUT2D eigenvalue weighted by Gasteiger charge is 2.25. The topological polar surface area (TPSA) is 75.4 Å². The summed E-state index contributed by atoms with van der Waals surface area (Å²) >= 11 is 0. The molecule has 0 saturated carbocycles. The van der Waals surface area contributed by atoms with Crippen molar-refractivity contribution in [2.45, 2.75) is 18.6 Å². The molecule has 0 bridgehead atoms. The Kier molecular flexibility index (Phi) is 1.68. The lowest BCUT2D eigenvalue weighted by atomic mass is 10.2. The third-order valence-electron chi connectivity index (χ3n) is 1.45. The number of aliphatic hydroxyl groups is 1. The molecule has 9 heavy (non-hydrogen) atoms. The van der Waals surface area contributed by atoms with Gasteiger partial charge in [-0.1, -0.05) is 0 Å². The summed E-state index contributed by atoms with van der Waals surface area (Å²) in [7, 11) is 0. The van der Waals surface area contributed by atoms with Crippen LogP contribution in [0.1, 0.15) is 6.42 Å². The van der Waals surface area contributed by atoms with E-state index in [1.807, 2.05) is 0 Å². The van der Waals surface area contributed by atoms with Crippen LogP contribution < -0.4 is 11.1 Å². The predicted octanol–water partition coefficient (Wildman–Crippen LogP) is -1.81. The molecule has 1 aliphatic heterocycles. The van der Waals surface area contributed by atoms with Crippen molar-refractivity contribution in [3.8, 4) is 0 Å². The number of β-amino-alcohol motifs (C(OH)–C–C–N with tert-alkyl or cyclic N) is 1. The third-order valence-corrected chi connectivity index (χ3v) is 1.45. The molecule has 1 rings (SSSR count). The van der Waals surface area contributed by atoms with Crippen LogP contribution in [0.3, 0.4) is 0 Å². The second-order valence-electron chi connectivity index (χ2n) is 2.25. The molecule has 1 fully saturated rings. The molecule has 1 saturated heterocycles. The number of hydrogen-bond donors (Lipinski definition) is 3. The van der Waals surface area contributed by atoms with E-state index in [-0.39, 0.29) is 11.9 Å². The molecule has 1 amide bonds. The number of nitrogens with two attached hydrogens (primary N) is 1. The van der Waals surface area contributed by atoms with Crippen LogP contribution in [0.15, 0.2) is 0 Å². The SMILES string of the molecule is NC(=O)[C@H]1C[C@H](O)CN1. The van der Waals surface area contributed by atoms with Gasteiger partial charge in [0.2, 0.25) is 5.91 Å². The van der Waals surface area contributed by atoms with E-state index in [2.05, 4.69) is 5.32 Å². The maximum Gasteiger partial charge on any atom is 0.234 e.